The minimum Gasteiger partial charge on any atom is -0.374 e. The Kier molecular flexibility index (Phi) is 7.18. The number of allylic oxidation sites excluding steroid dienone is 1. The van der Waals surface area contributed by atoms with Crippen LogP contribution in [-0.4, -0.2) is 45.1 Å². The van der Waals surface area contributed by atoms with Gasteiger partial charge in [-0.1, -0.05) is 24.5 Å². The summed E-state index contributed by atoms with van der Waals surface area (Å²) in [5, 5.41) is 14.8. The van der Waals surface area contributed by atoms with Gasteiger partial charge >= 0.3 is 0 Å². The number of nitrogens with one attached hydrogen (secondary N) is 1. The van der Waals surface area contributed by atoms with E-state index in [1.165, 1.54) is 11.9 Å². The first-order valence-corrected chi connectivity index (χ1v) is 10.7. The number of carbonyl (C=O) groups excluding carboxylic acids is 1. The normalized spacial score (nSPS) is 23.2. The number of aromatic nitrogens is 2. The van der Waals surface area contributed by atoms with E-state index in [1.54, 1.807) is 12.3 Å². The lowest BCUT2D eigenvalue weighted by atomic mass is 9.82. The Morgan fingerprint density at radius 1 is 1.29 bits per heavy atom. The molecule has 6 heteroatoms. The van der Waals surface area contributed by atoms with Crippen molar-refractivity contribution in [3.63, 3.8) is 0 Å². The van der Waals surface area contributed by atoms with Gasteiger partial charge in [0, 0.05) is 25.2 Å². The average Bonchev–Trinajstić information content (AvgIpc) is 3.24. The highest BCUT2D eigenvalue weighted by Gasteiger charge is 2.48. The zero-order valence-electron chi connectivity index (χ0n) is 17.2. The van der Waals surface area contributed by atoms with Crippen LogP contribution in [0.2, 0.25) is 0 Å². The first-order valence-electron chi connectivity index (χ1n) is 10.7. The van der Waals surface area contributed by atoms with E-state index in [0.717, 1.165) is 64.5 Å². The molecule has 2 aliphatic rings. The van der Waals surface area contributed by atoms with Crippen molar-refractivity contribution in [2.45, 2.75) is 77.0 Å². The molecule has 1 saturated carbocycles. The van der Waals surface area contributed by atoms with Gasteiger partial charge in [0.1, 0.15) is 6.33 Å². The lowest BCUT2D eigenvalue weighted by Crippen LogP contribution is -2.57. The van der Waals surface area contributed by atoms with Gasteiger partial charge in [-0.15, -0.1) is 0 Å². The molecule has 28 heavy (non-hydrogen) atoms. The number of carbonyl (C=O) groups is 1. The van der Waals surface area contributed by atoms with Gasteiger partial charge in [-0.05, 0) is 58.4 Å². The van der Waals surface area contributed by atoms with Crippen molar-refractivity contribution < 1.29 is 9.90 Å². The number of hydrogen-bond donors (Lipinski definition) is 2. The van der Waals surface area contributed by atoms with Crippen LogP contribution in [0.15, 0.2) is 30.2 Å². The molecule has 154 valence electrons. The fourth-order valence-electron chi connectivity index (χ4n) is 4.57. The summed E-state index contributed by atoms with van der Waals surface area (Å²) in [4.78, 5) is 23.9. The highest BCUT2D eigenvalue weighted by atomic mass is 16.3. The second kappa shape index (κ2) is 9.61. The van der Waals surface area contributed by atoms with Crippen LogP contribution >= 0.6 is 0 Å². The van der Waals surface area contributed by atoms with E-state index in [4.69, 9.17) is 0 Å². The molecular formula is C22H34N4O2. The van der Waals surface area contributed by atoms with Crippen LogP contribution in [0, 0.1) is 5.92 Å². The molecule has 3 rings (SSSR count). The summed E-state index contributed by atoms with van der Waals surface area (Å²) in [6, 6.07) is 1.67. The summed E-state index contributed by atoms with van der Waals surface area (Å²) in [7, 11) is 0. The van der Waals surface area contributed by atoms with E-state index in [2.05, 4.69) is 40.1 Å². The van der Waals surface area contributed by atoms with Crippen LogP contribution in [0.4, 0.5) is 0 Å². The predicted octanol–water partition coefficient (Wildman–Crippen LogP) is 3.14. The lowest BCUT2D eigenvalue weighted by Gasteiger charge is -2.39. The maximum absolute atomic E-state index is 13.4. The zero-order chi connectivity index (χ0) is 20.0. The number of likely N-dealkylation sites (tertiary alicyclic amines) is 1. The molecule has 0 radical (unpaired) electrons. The largest absolute Gasteiger partial charge is 0.374 e. The molecule has 6 nitrogen and oxygen atoms in total. The summed E-state index contributed by atoms with van der Waals surface area (Å²) < 4.78 is 0. The van der Waals surface area contributed by atoms with Gasteiger partial charge in [0.05, 0.1) is 11.9 Å². The first kappa shape index (κ1) is 20.9. The van der Waals surface area contributed by atoms with Gasteiger partial charge in [-0.3, -0.25) is 9.69 Å². The maximum Gasteiger partial charge on any atom is 0.259 e. The highest BCUT2D eigenvalue weighted by Crippen LogP contribution is 2.40. The quantitative estimate of drug-likeness (QED) is 0.704. The van der Waals surface area contributed by atoms with Gasteiger partial charge in [0.25, 0.3) is 5.91 Å². The monoisotopic (exact) mass is 386 g/mol. The number of nitrogens with zero attached hydrogens (tertiary/aromatic N) is 3. The van der Waals surface area contributed by atoms with Crippen LogP contribution in [0.1, 0.15) is 70.9 Å². The molecule has 2 heterocycles. The van der Waals surface area contributed by atoms with E-state index in [9.17, 15) is 9.90 Å². The Morgan fingerprint density at radius 3 is 2.71 bits per heavy atom. The molecule has 0 spiro atoms. The molecule has 1 amide bonds. The summed E-state index contributed by atoms with van der Waals surface area (Å²) in [5.74, 6) is -0.401. The Hall–Kier alpha value is -1.79. The molecule has 2 unspecified atom stereocenters. The summed E-state index contributed by atoms with van der Waals surface area (Å²) in [6.45, 7) is 6.13. The standard InChI is InChI=1S/C22H34N4O2/c1-17(2)8-7-15-26-14-6-5-11-20(26)25-21(27)22(28,18-9-3-4-10-18)19-12-13-23-16-24-19/h8,12-13,16,18,20,28H,3-7,9-11,14-15H2,1-2H3,(H,25,27). The summed E-state index contributed by atoms with van der Waals surface area (Å²) in [6.07, 6.45) is 13.2. The van der Waals surface area contributed by atoms with Crippen molar-refractivity contribution in [3.05, 3.63) is 35.9 Å². The zero-order valence-corrected chi connectivity index (χ0v) is 17.2. The Balaban J connectivity index is 1.75. The van der Waals surface area contributed by atoms with Crippen LogP contribution in [0.25, 0.3) is 0 Å². The fraction of sp³-hybridized carbons (Fsp3) is 0.682. The molecule has 0 aromatic carbocycles. The van der Waals surface area contributed by atoms with Crippen LogP contribution in [0.5, 0.6) is 0 Å². The van der Waals surface area contributed by atoms with Gasteiger partial charge in [-0.25, -0.2) is 9.97 Å². The number of rotatable bonds is 7. The third-order valence-electron chi connectivity index (χ3n) is 6.14. The molecule has 1 aromatic heterocycles. The minimum absolute atomic E-state index is 0.0263. The molecule has 1 saturated heterocycles. The smallest absolute Gasteiger partial charge is 0.259 e. The minimum atomic E-state index is -1.58. The molecular weight excluding hydrogens is 352 g/mol. The first-order chi connectivity index (χ1) is 13.5. The number of amides is 1. The van der Waals surface area contributed by atoms with Crippen LogP contribution < -0.4 is 5.32 Å². The van der Waals surface area contributed by atoms with Crippen LogP contribution in [0.3, 0.4) is 0 Å². The average molecular weight is 387 g/mol. The van der Waals surface area contributed by atoms with E-state index in [0.29, 0.717) is 5.69 Å². The Labute approximate surface area is 168 Å². The van der Waals surface area contributed by atoms with Crippen molar-refractivity contribution in [2.24, 2.45) is 5.92 Å². The molecule has 1 aliphatic carbocycles. The van der Waals surface area contributed by atoms with E-state index in [-0.39, 0.29) is 18.0 Å². The van der Waals surface area contributed by atoms with Crippen molar-refractivity contribution in [1.29, 1.82) is 0 Å². The SMILES string of the molecule is CC(C)=CCCN1CCCCC1NC(=O)C(O)(c1ccncn1)C1CCCC1. The van der Waals surface area contributed by atoms with Gasteiger partial charge in [0.15, 0.2) is 5.60 Å². The van der Waals surface area contributed by atoms with Crippen molar-refractivity contribution >= 4 is 5.91 Å². The van der Waals surface area contributed by atoms with E-state index < -0.39 is 5.60 Å². The second-order valence-corrected chi connectivity index (χ2v) is 8.43. The molecule has 2 N–H and O–H groups in total. The summed E-state index contributed by atoms with van der Waals surface area (Å²) in [5.41, 5.74) is 0.151. The number of piperidine rings is 1. The topological polar surface area (TPSA) is 78.4 Å². The fourth-order valence-corrected chi connectivity index (χ4v) is 4.57. The molecule has 2 atom stereocenters. The second-order valence-electron chi connectivity index (χ2n) is 8.43. The van der Waals surface area contributed by atoms with Gasteiger partial charge in [0.2, 0.25) is 0 Å². The number of hydrogen-bond acceptors (Lipinski definition) is 5. The van der Waals surface area contributed by atoms with Crippen molar-refractivity contribution in [2.75, 3.05) is 13.1 Å². The third-order valence-corrected chi connectivity index (χ3v) is 6.14. The van der Waals surface area contributed by atoms with E-state index >= 15 is 0 Å². The maximum atomic E-state index is 13.4. The Bertz CT molecular complexity index is 668. The molecule has 1 aliphatic heterocycles. The van der Waals surface area contributed by atoms with E-state index in [1.807, 2.05) is 0 Å². The highest BCUT2D eigenvalue weighted by molar-refractivity contribution is 5.86. The summed E-state index contributed by atoms with van der Waals surface area (Å²) >= 11 is 0. The van der Waals surface area contributed by atoms with Gasteiger partial charge < -0.3 is 10.4 Å². The molecule has 0 bridgehead atoms. The molecule has 1 aromatic rings. The van der Waals surface area contributed by atoms with Gasteiger partial charge in [-0.2, -0.15) is 0 Å². The third kappa shape index (κ3) is 4.78. The number of aliphatic hydroxyl groups is 1. The lowest BCUT2D eigenvalue weighted by molar-refractivity contribution is -0.150. The molecule has 2 fully saturated rings. The van der Waals surface area contributed by atoms with Crippen molar-refractivity contribution in [3.8, 4) is 0 Å². The van der Waals surface area contributed by atoms with Crippen molar-refractivity contribution in [1.82, 2.24) is 20.2 Å². The Morgan fingerprint density at radius 2 is 2.04 bits per heavy atom. The van der Waals surface area contributed by atoms with Crippen LogP contribution in [-0.2, 0) is 10.4 Å². The predicted molar refractivity (Wildman–Crippen MR) is 109 cm³/mol.